The van der Waals surface area contributed by atoms with Gasteiger partial charge in [-0.2, -0.15) is 0 Å². The lowest BCUT2D eigenvalue weighted by molar-refractivity contribution is -0.134. The van der Waals surface area contributed by atoms with E-state index in [1.807, 2.05) is 53.4 Å². The molecule has 0 atom stereocenters. The maximum absolute atomic E-state index is 12.7. The molecule has 2 aromatic carbocycles. The minimum Gasteiger partial charge on any atom is -0.486 e. The van der Waals surface area contributed by atoms with Crippen LogP contribution in [0.1, 0.15) is 11.3 Å². The normalized spacial score (nSPS) is 13.7. The van der Waals surface area contributed by atoms with Crippen molar-refractivity contribution in [3.8, 4) is 5.75 Å². The van der Waals surface area contributed by atoms with E-state index in [1.54, 1.807) is 23.9 Å². The smallest absolute Gasteiger partial charge is 0.227 e. The van der Waals surface area contributed by atoms with Crippen LogP contribution >= 0.6 is 22.9 Å². The summed E-state index contributed by atoms with van der Waals surface area (Å²) < 4.78 is 12.3. The molecule has 0 saturated carbocycles. The lowest BCUT2D eigenvalue weighted by Gasteiger charge is -2.26. The summed E-state index contributed by atoms with van der Waals surface area (Å²) in [7, 11) is 0. The first-order valence-electron chi connectivity index (χ1n) is 12.2. The van der Waals surface area contributed by atoms with Crippen molar-refractivity contribution in [1.29, 1.82) is 0 Å². The van der Waals surface area contributed by atoms with Gasteiger partial charge in [-0.15, -0.1) is 11.3 Å². The molecule has 38 heavy (non-hydrogen) atoms. The van der Waals surface area contributed by atoms with Crippen LogP contribution in [0.5, 0.6) is 5.75 Å². The molecule has 1 saturated heterocycles. The lowest BCUT2D eigenvalue weighted by atomic mass is 10.1. The number of anilines is 2. The number of thiophene rings is 1. The number of nitrogens with one attached hydrogen (secondary N) is 1. The van der Waals surface area contributed by atoms with Gasteiger partial charge in [-0.1, -0.05) is 29.8 Å². The van der Waals surface area contributed by atoms with Crippen molar-refractivity contribution in [1.82, 2.24) is 19.9 Å². The van der Waals surface area contributed by atoms with E-state index < -0.39 is 0 Å². The number of fused-ring (bicyclic) bond motifs is 3. The van der Waals surface area contributed by atoms with Crippen molar-refractivity contribution in [2.75, 3.05) is 31.6 Å². The summed E-state index contributed by atoms with van der Waals surface area (Å²) in [5.41, 5.74) is 2.59. The molecular weight excluding hydrogens is 522 g/mol. The average molecular weight is 546 g/mol. The minimum atomic E-state index is 0.125. The number of carbonyl (C=O) groups excluding carboxylic acids is 1. The highest BCUT2D eigenvalue weighted by atomic mass is 35.5. The maximum Gasteiger partial charge on any atom is 0.227 e. The summed E-state index contributed by atoms with van der Waals surface area (Å²) in [5.74, 6) is 1.40. The first-order chi connectivity index (χ1) is 18.6. The Hall–Kier alpha value is -3.79. The van der Waals surface area contributed by atoms with E-state index in [2.05, 4.69) is 26.3 Å². The predicted molar refractivity (Wildman–Crippen MR) is 149 cm³/mol. The summed E-state index contributed by atoms with van der Waals surface area (Å²) in [6.07, 6.45) is 3.65. The molecule has 10 heteroatoms. The van der Waals surface area contributed by atoms with Gasteiger partial charge < -0.3 is 19.7 Å². The van der Waals surface area contributed by atoms with Gasteiger partial charge in [-0.3, -0.25) is 9.78 Å². The number of amides is 1. The van der Waals surface area contributed by atoms with Gasteiger partial charge in [0.2, 0.25) is 5.91 Å². The first kappa shape index (κ1) is 24.5. The maximum atomic E-state index is 12.7. The molecule has 1 amide bonds. The fraction of sp³-hybridized carbons (Fsp3) is 0.214. The van der Waals surface area contributed by atoms with Crippen LogP contribution in [0.25, 0.3) is 20.3 Å². The molecule has 192 valence electrons. The molecule has 0 radical (unpaired) electrons. The van der Waals surface area contributed by atoms with Gasteiger partial charge in [0, 0.05) is 35.1 Å². The number of pyridine rings is 1. The van der Waals surface area contributed by atoms with Crippen molar-refractivity contribution in [2.45, 2.75) is 13.0 Å². The standard InChI is InChI=1S/C28H24ClN5O3S/c29-22-15-19(5-7-23(22)37-16-20-3-1-2-8-30-20)33-27-26-21-6-4-18(13-24(21)38-28(26)32-17-31-27)14-25(35)34-9-11-36-12-10-34/h1-8,13,15,17H,9-12,14,16H2,(H,31,32,33). The summed E-state index contributed by atoms with van der Waals surface area (Å²) in [4.78, 5) is 28.7. The fourth-order valence-electron chi connectivity index (χ4n) is 4.42. The second-order valence-electron chi connectivity index (χ2n) is 8.88. The van der Waals surface area contributed by atoms with Gasteiger partial charge in [0.15, 0.2) is 0 Å². The fourth-order valence-corrected chi connectivity index (χ4v) is 5.77. The molecule has 6 rings (SSSR count). The minimum absolute atomic E-state index is 0.125. The Morgan fingerprint density at radius 2 is 1.97 bits per heavy atom. The highest BCUT2D eigenvalue weighted by Crippen LogP contribution is 2.38. The number of halogens is 1. The number of rotatable bonds is 7. The summed E-state index contributed by atoms with van der Waals surface area (Å²) in [6, 6.07) is 17.4. The van der Waals surface area contributed by atoms with E-state index in [0.717, 1.165) is 37.2 Å². The predicted octanol–water partition coefficient (Wildman–Crippen LogP) is 5.62. The molecule has 1 fully saturated rings. The Balaban J connectivity index is 1.21. The van der Waals surface area contributed by atoms with Crippen LogP contribution in [0, 0.1) is 0 Å². The number of benzene rings is 2. The van der Waals surface area contributed by atoms with E-state index in [-0.39, 0.29) is 5.91 Å². The number of morpholine rings is 1. The van der Waals surface area contributed by atoms with E-state index in [0.29, 0.717) is 55.9 Å². The zero-order valence-corrected chi connectivity index (χ0v) is 22.0. The van der Waals surface area contributed by atoms with Crippen molar-refractivity contribution in [3.63, 3.8) is 0 Å². The highest BCUT2D eigenvalue weighted by molar-refractivity contribution is 7.25. The molecule has 0 bridgehead atoms. The number of carbonyl (C=O) groups is 1. The van der Waals surface area contributed by atoms with E-state index >= 15 is 0 Å². The number of hydrogen-bond acceptors (Lipinski definition) is 8. The third-order valence-corrected chi connectivity index (χ3v) is 7.71. The molecule has 0 unspecified atom stereocenters. The zero-order chi connectivity index (χ0) is 25.9. The van der Waals surface area contributed by atoms with Gasteiger partial charge in [0.25, 0.3) is 0 Å². The van der Waals surface area contributed by atoms with E-state index in [1.165, 1.54) is 0 Å². The van der Waals surface area contributed by atoms with E-state index in [4.69, 9.17) is 21.1 Å². The highest BCUT2D eigenvalue weighted by Gasteiger charge is 2.18. The molecule has 1 aliphatic heterocycles. The summed E-state index contributed by atoms with van der Waals surface area (Å²) in [6.45, 7) is 2.83. The first-order valence-corrected chi connectivity index (χ1v) is 13.4. The van der Waals surface area contributed by atoms with Crippen molar-refractivity contribution < 1.29 is 14.3 Å². The van der Waals surface area contributed by atoms with Crippen LogP contribution in [0.15, 0.2) is 67.1 Å². The average Bonchev–Trinajstić information content (AvgIpc) is 3.32. The Morgan fingerprint density at radius 3 is 2.79 bits per heavy atom. The number of aromatic nitrogens is 3. The van der Waals surface area contributed by atoms with Crippen LogP contribution in [0.4, 0.5) is 11.5 Å². The van der Waals surface area contributed by atoms with Crippen LogP contribution in [-0.4, -0.2) is 52.1 Å². The van der Waals surface area contributed by atoms with Crippen molar-refractivity contribution in [2.24, 2.45) is 0 Å². The molecule has 0 spiro atoms. The van der Waals surface area contributed by atoms with Gasteiger partial charge in [-0.05, 0) is 42.0 Å². The molecule has 0 aliphatic carbocycles. The number of nitrogens with zero attached hydrogens (tertiary/aromatic N) is 4. The summed E-state index contributed by atoms with van der Waals surface area (Å²) in [5, 5.41) is 5.85. The Bertz CT molecular complexity index is 1610. The molecule has 3 aromatic heterocycles. The quantitative estimate of drug-likeness (QED) is 0.284. The monoisotopic (exact) mass is 545 g/mol. The van der Waals surface area contributed by atoms with Crippen molar-refractivity contribution >= 4 is 60.7 Å². The second kappa shape index (κ2) is 10.9. The molecule has 5 aromatic rings. The largest absolute Gasteiger partial charge is 0.486 e. The van der Waals surface area contributed by atoms with Gasteiger partial charge in [-0.25, -0.2) is 9.97 Å². The number of ether oxygens (including phenoxy) is 2. The molecular formula is C28H24ClN5O3S. The second-order valence-corrected chi connectivity index (χ2v) is 10.3. The van der Waals surface area contributed by atoms with E-state index in [9.17, 15) is 4.79 Å². The SMILES string of the molecule is O=C(Cc1ccc2c(c1)sc1ncnc(Nc3ccc(OCc4ccccn4)c(Cl)c3)c12)N1CCOCC1. The van der Waals surface area contributed by atoms with Gasteiger partial charge in [0.1, 0.15) is 29.3 Å². The number of hydrogen-bond donors (Lipinski definition) is 1. The molecule has 1 aliphatic rings. The third kappa shape index (κ3) is 5.26. The topological polar surface area (TPSA) is 89.5 Å². The zero-order valence-electron chi connectivity index (χ0n) is 20.4. The summed E-state index contributed by atoms with van der Waals surface area (Å²) >= 11 is 8.10. The molecule has 4 heterocycles. The van der Waals surface area contributed by atoms with Crippen LogP contribution in [0.2, 0.25) is 5.02 Å². The van der Waals surface area contributed by atoms with Crippen molar-refractivity contribution in [3.05, 3.63) is 83.4 Å². The Morgan fingerprint density at radius 1 is 1.08 bits per heavy atom. The molecule has 8 nitrogen and oxygen atoms in total. The third-order valence-electron chi connectivity index (χ3n) is 6.35. The lowest BCUT2D eigenvalue weighted by Crippen LogP contribution is -2.41. The van der Waals surface area contributed by atoms with Gasteiger partial charge in [0.05, 0.1) is 35.7 Å². The van der Waals surface area contributed by atoms with Crippen LogP contribution in [0.3, 0.4) is 0 Å². The Labute approximate surface area is 228 Å². The molecule has 1 N–H and O–H groups in total. The van der Waals surface area contributed by atoms with Gasteiger partial charge >= 0.3 is 0 Å². The Kier molecular flexibility index (Phi) is 7.04. The van der Waals surface area contributed by atoms with Crippen LogP contribution < -0.4 is 10.1 Å². The van der Waals surface area contributed by atoms with Crippen LogP contribution in [-0.2, 0) is 22.6 Å².